The second-order valence-corrected chi connectivity index (χ2v) is 4.38. The predicted octanol–water partition coefficient (Wildman–Crippen LogP) is 3.59. The van der Waals surface area contributed by atoms with E-state index in [1.54, 1.807) is 0 Å². The van der Waals surface area contributed by atoms with Crippen molar-refractivity contribution in [2.45, 2.75) is 0 Å². The van der Waals surface area contributed by atoms with Gasteiger partial charge in [-0.15, -0.1) is 0 Å². The highest BCUT2D eigenvalue weighted by molar-refractivity contribution is 6.31. The maximum Gasteiger partial charge on any atom is 0.255 e. The third-order valence-electron chi connectivity index (χ3n) is 2.51. The lowest BCUT2D eigenvalue weighted by atomic mass is 10.2. The minimum Gasteiger partial charge on any atom is -0.397 e. The van der Waals surface area contributed by atoms with Crippen LogP contribution in [0.5, 0.6) is 0 Å². The van der Waals surface area contributed by atoms with E-state index in [1.165, 1.54) is 18.2 Å². The molecule has 0 unspecified atom stereocenters. The average molecular weight is 301 g/mol. The number of rotatable bonds is 2. The second-order valence-electron chi connectivity index (χ2n) is 3.94. The highest BCUT2D eigenvalue weighted by atomic mass is 35.5. The number of halogens is 4. The average Bonchev–Trinajstić information content (AvgIpc) is 2.38. The standard InChI is InChI=1S/C13H8ClF3N2O/c14-7-1-2-11(10(18)5-7)19-13(20)6-3-8(15)12(17)9(16)4-6/h1-5H,18H2,(H,19,20). The molecular formula is C13H8ClF3N2O. The number of anilines is 2. The van der Waals surface area contributed by atoms with Crippen molar-refractivity contribution < 1.29 is 18.0 Å². The molecule has 7 heteroatoms. The van der Waals surface area contributed by atoms with E-state index in [0.29, 0.717) is 17.2 Å². The topological polar surface area (TPSA) is 55.1 Å². The molecule has 104 valence electrons. The summed E-state index contributed by atoms with van der Waals surface area (Å²) in [4.78, 5) is 11.8. The molecule has 2 aromatic rings. The number of carbonyl (C=O) groups is 1. The number of hydrogen-bond donors (Lipinski definition) is 2. The van der Waals surface area contributed by atoms with Gasteiger partial charge >= 0.3 is 0 Å². The van der Waals surface area contributed by atoms with Crippen LogP contribution in [0.4, 0.5) is 24.5 Å². The van der Waals surface area contributed by atoms with E-state index in [1.807, 2.05) is 0 Å². The Morgan fingerprint density at radius 1 is 1.10 bits per heavy atom. The molecule has 0 fully saturated rings. The fraction of sp³-hybridized carbons (Fsp3) is 0. The molecule has 0 heterocycles. The van der Waals surface area contributed by atoms with Crippen LogP contribution in [0.1, 0.15) is 10.4 Å². The highest BCUT2D eigenvalue weighted by Gasteiger charge is 2.15. The van der Waals surface area contributed by atoms with E-state index in [9.17, 15) is 18.0 Å². The minimum atomic E-state index is -1.63. The lowest BCUT2D eigenvalue weighted by molar-refractivity contribution is 0.102. The van der Waals surface area contributed by atoms with E-state index < -0.39 is 23.4 Å². The molecule has 0 bridgehead atoms. The van der Waals surface area contributed by atoms with Crippen LogP contribution < -0.4 is 11.1 Å². The van der Waals surface area contributed by atoms with Gasteiger partial charge in [0.25, 0.3) is 5.91 Å². The van der Waals surface area contributed by atoms with Crippen LogP contribution in [0, 0.1) is 17.5 Å². The van der Waals surface area contributed by atoms with Crippen LogP contribution in [0.2, 0.25) is 5.02 Å². The van der Waals surface area contributed by atoms with E-state index in [-0.39, 0.29) is 16.9 Å². The van der Waals surface area contributed by atoms with Crippen molar-refractivity contribution in [2.24, 2.45) is 0 Å². The summed E-state index contributed by atoms with van der Waals surface area (Å²) in [6.45, 7) is 0. The van der Waals surface area contributed by atoms with Gasteiger partial charge in [-0.25, -0.2) is 13.2 Å². The summed E-state index contributed by atoms with van der Waals surface area (Å²) < 4.78 is 38.9. The van der Waals surface area contributed by atoms with Gasteiger partial charge in [0.05, 0.1) is 11.4 Å². The molecule has 3 nitrogen and oxygen atoms in total. The first-order valence-corrected chi connectivity index (χ1v) is 5.77. The first kappa shape index (κ1) is 14.2. The minimum absolute atomic E-state index is 0.189. The summed E-state index contributed by atoms with van der Waals surface area (Å²) in [5.41, 5.74) is 5.67. The third-order valence-corrected chi connectivity index (χ3v) is 2.74. The monoisotopic (exact) mass is 300 g/mol. The van der Waals surface area contributed by atoms with Gasteiger partial charge in [0.2, 0.25) is 0 Å². The van der Waals surface area contributed by atoms with Crippen molar-refractivity contribution in [1.82, 2.24) is 0 Å². The normalized spacial score (nSPS) is 10.4. The zero-order chi connectivity index (χ0) is 14.9. The van der Waals surface area contributed by atoms with Gasteiger partial charge < -0.3 is 11.1 Å². The van der Waals surface area contributed by atoms with Crippen LogP contribution >= 0.6 is 11.6 Å². The Labute approximate surface area is 117 Å². The molecule has 0 saturated carbocycles. The van der Waals surface area contributed by atoms with Gasteiger partial charge in [-0.05, 0) is 30.3 Å². The predicted molar refractivity (Wildman–Crippen MR) is 70.1 cm³/mol. The van der Waals surface area contributed by atoms with Crippen molar-refractivity contribution in [3.05, 3.63) is 58.4 Å². The lowest BCUT2D eigenvalue weighted by Gasteiger charge is -2.09. The Hall–Kier alpha value is -2.21. The molecule has 0 radical (unpaired) electrons. The first-order chi connectivity index (χ1) is 9.38. The summed E-state index contributed by atoms with van der Waals surface area (Å²) in [6.07, 6.45) is 0. The zero-order valence-corrected chi connectivity index (χ0v) is 10.6. The van der Waals surface area contributed by atoms with E-state index in [2.05, 4.69) is 5.32 Å². The van der Waals surface area contributed by atoms with Crippen molar-refractivity contribution in [2.75, 3.05) is 11.1 Å². The number of nitrogens with two attached hydrogens (primary N) is 1. The highest BCUT2D eigenvalue weighted by Crippen LogP contribution is 2.23. The summed E-state index contributed by atoms with van der Waals surface area (Å²) in [7, 11) is 0. The maximum atomic E-state index is 13.0. The van der Waals surface area contributed by atoms with Gasteiger partial charge in [0.1, 0.15) is 0 Å². The summed E-state index contributed by atoms with van der Waals surface area (Å²) in [6, 6.07) is 5.52. The van der Waals surface area contributed by atoms with Crippen molar-refractivity contribution in [1.29, 1.82) is 0 Å². The third kappa shape index (κ3) is 2.85. The summed E-state index contributed by atoms with van der Waals surface area (Å²) >= 11 is 5.70. The van der Waals surface area contributed by atoms with Crippen molar-refractivity contribution in [3.63, 3.8) is 0 Å². The number of hydrogen-bond acceptors (Lipinski definition) is 2. The van der Waals surface area contributed by atoms with Crippen molar-refractivity contribution in [3.8, 4) is 0 Å². The molecule has 20 heavy (non-hydrogen) atoms. The van der Waals surface area contributed by atoms with Gasteiger partial charge in [0.15, 0.2) is 17.5 Å². The largest absolute Gasteiger partial charge is 0.397 e. The number of nitrogens with one attached hydrogen (secondary N) is 1. The Morgan fingerprint density at radius 3 is 2.25 bits per heavy atom. The molecule has 2 rings (SSSR count). The Bertz CT molecular complexity index is 668. The Kier molecular flexibility index (Phi) is 3.85. The SMILES string of the molecule is Nc1cc(Cl)ccc1NC(=O)c1cc(F)c(F)c(F)c1. The van der Waals surface area contributed by atoms with Crippen LogP contribution in [-0.2, 0) is 0 Å². The molecule has 0 atom stereocenters. The molecule has 0 aliphatic rings. The number of carbonyl (C=O) groups excluding carboxylic acids is 1. The molecule has 0 saturated heterocycles. The number of nitrogen functional groups attached to an aromatic ring is 1. The molecule has 0 aromatic heterocycles. The molecule has 2 aromatic carbocycles. The quantitative estimate of drug-likeness (QED) is 0.658. The molecule has 1 amide bonds. The Balaban J connectivity index is 2.28. The molecule has 3 N–H and O–H groups in total. The maximum absolute atomic E-state index is 13.0. The fourth-order valence-corrected chi connectivity index (χ4v) is 1.71. The summed E-state index contributed by atoms with van der Waals surface area (Å²) in [5.74, 6) is -5.34. The zero-order valence-electron chi connectivity index (χ0n) is 9.88. The van der Waals surface area contributed by atoms with E-state index >= 15 is 0 Å². The smallest absolute Gasteiger partial charge is 0.255 e. The van der Waals surface area contributed by atoms with Crippen LogP contribution in [0.15, 0.2) is 30.3 Å². The van der Waals surface area contributed by atoms with Crippen LogP contribution in [0.3, 0.4) is 0 Å². The van der Waals surface area contributed by atoms with Gasteiger partial charge in [-0.1, -0.05) is 11.6 Å². The second kappa shape index (κ2) is 5.42. The molecular weight excluding hydrogens is 293 g/mol. The van der Waals surface area contributed by atoms with Gasteiger partial charge in [0, 0.05) is 10.6 Å². The van der Waals surface area contributed by atoms with Crippen molar-refractivity contribution >= 4 is 28.9 Å². The van der Waals surface area contributed by atoms with E-state index in [0.717, 1.165) is 0 Å². The van der Waals surface area contributed by atoms with Crippen LogP contribution in [0.25, 0.3) is 0 Å². The van der Waals surface area contributed by atoms with Crippen LogP contribution in [-0.4, -0.2) is 5.91 Å². The first-order valence-electron chi connectivity index (χ1n) is 5.39. The molecule has 0 spiro atoms. The number of benzene rings is 2. The molecule has 0 aliphatic heterocycles. The number of amides is 1. The Morgan fingerprint density at radius 2 is 1.70 bits per heavy atom. The summed E-state index contributed by atoms with van der Waals surface area (Å²) in [5, 5.41) is 2.72. The molecule has 0 aliphatic carbocycles. The van der Waals surface area contributed by atoms with Gasteiger partial charge in [-0.3, -0.25) is 4.79 Å². The fourth-order valence-electron chi connectivity index (χ4n) is 1.53. The van der Waals surface area contributed by atoms with Gasteiger partial charge in [-0.2, -0.15) is 0 Å². The lowest BCUT2D eigenvalue weighted by Crippen LogP contribution is -2.14. The van der Waals surface area contributed by atoms with E-state index in [4.69, 9.17) is 17.3 Å².